The average Bonchev–Trinajstić information content (AvgIpc) is 3.36. The quantitative estimate of drug-likeness (QED) is 0.173. The molecule has 202 valence electrons. The van der Waals surface area contributed by atoms with Crippen LogP contribution in [0, 0.1) is 6.92 Å². The molecule has 0 atom stereocenters. The average molecular weight is 543 g/mol. The fourth-order valence-electron chi connectivity index (χ4n) is 4.77. The fourth-order valence-corrected chi connectivity index (χ4v) is 4.77. The number of carbonyl (C=O) groups excluding carboxylic acids is 2. The highest BCUT2D eigenvalue weighted by atomic mass is 16.4. The summed E-state index contributed by atoms with van der Waals surface area (Å²) in [7, 11) is 0. The van der Waals surface area contributed by atoms with Crippen molar-refractivity contribution in [3.63, 3.8) is 0 Å². The molecule has 41 heavy (non-hydrogen) atoms. The molecule has 0 saturated carbocycles. The Balaban J connectivity index is 1.15. The molecular weight excluding hydrogens is 516 g/mol. The Labute approximate surface area is 236 Å². The number of hydrazone groups is 1. The zero-order valence-corrected chi connectivity index (χ0v) is 22.3. The molecule has 1 aliphatic rings. The zero-order valence-electron chi connectivity index (χ0n) is 22.3. The Morgan fingerprint density at radius 2 is 1.54 bits per heavy atom. The number of amides is 2. The molecule has 0 spiro atoms. The van der Waals surface area contributed by atoms with Gasteiger partial charge in [-0.25, -0.2) is 10.4 Å². The van der Waals surface area contributed by atoms with Crippen LogP contribution in [0.3, 0.4) is 0 Å². The maximum absolute atomic E-state index is 13.1. The molecule has 9 nitrogen and oxygen atoms in total. The predicted molar refractivity (Wildman–Crippen MR) is 157 cm³/mol. The van der Waals surface area contributed by atoms with Gasteiger partial charge >= 0.3 is 0 Å². The van der Waals surface area contributed by atoms with Crippen molar-refractivity contribution in [2.75, 3.05) is 5.32 Å². The monoisotopic (exact) mass is 542 g/mol. The molecule has 9 heteroatoms. The van der Waals surface area contributed by atoms with Gasteiger partial charge in [0, 0.05) is 28.6 Å². The third-order valence-corrected chi connectivity index (χ3v) is 6.82. The summed E-state index contributed by atoms with van der Waals surface area (Å²) in [6, 6.07) is 27.7. The number of aryl methyl sites for hydroxylation is 1. The molecule has 5 aromatic rings. The van der Waals surface area contributed by atoms with Crippen LogP contribution in [0.5, 0.6) is 0 Å². The minimum Gasteiger partial charge on any atom is -0.455 e. The van der Waals surface area contributed by atoms with E-state index in [1.54, 1.807) is 30.3 Å². The third kappa shape index (κ3) is 5.65. The van der Waals surface area contributed by atoms with E-state index in [0.717, 1.165) is 28.6 Å². The number of hydrogen-bond acceptors (Lipinski definition) is 7. The molecule has 0 unspecified atom stereocenters. The Kier molecular flexibility index (Phi) is 7.15. The van der Waals surface area contributed by atoms with Gasteiger partial charge in [-0.1, -0.05) is 42.5 Å². The van der Waals surface area contributed by atoms with Crippen LogP contribution in [0.15, 0.2) is 111 Å². The highest BCUT2D eigenvalue weighted by Gasteiger charge is 2.28. The van der Waals surface area contributed by atoms with Gasteiger partial charge in [0.2, 0.25) is 0 Å². The first-order valence-corrected chi connectivity index (χ1v) is 13.3. The smallest absolute Gasteiger partial charge is 0.291 e. The first-order valence-electron chi connectivity index (χ1n) is 13.3. The second kappa shape index (κ2) is 11.4. The van der Waals surface area contributed by atoms with Crippen molar-refractivity contribution >= 4 is 45.5 Å². The maximum Gasteiger partial charge on any atom is 0.291 e. The third-order valence-electron chi connectivity index (χ3n) is 6.82. The molecule has 0 bridgehead atoms. The van der Waals surface area contributed by atoms with E-state index in [0.29, 0.717) is 41.3 Å². The zero-order chi connectivity index (χ0) is 28.2. The molecule has 6 rings (SSSR count). The van der Waals surface area contributed by atoms with Gasteiger partial charge in [-0.3, -0.25) is 9.59 Å². The lowest BCUT2D eigenvalue weighted by molar-refractivity contribution is 0.0949. The van der Waals surface area contributed by atoms with Crippen molar-refractivity contribution in [2.24, 2.45) is 15.3 Å². The lowest BCUT2D eigenvalue weighted by Crippen LogP contribution is -2.23. The molecule has 0 aliphatic heterocycles. The minimum absolute atomic E-state index is 0.222. The topological polar surface area (TPSA) is 121 Å². The molecule has 2 aromatic heterocycles. The Hall–Kier alpha value is -5.44. The van der Waals surface area contributed by atoms with Crippen LogP contribution in [0.2, 0.25) is 0 Å². The fraction of sp³-hybridized carbons (Fsp3) is 0.125. The SMILES string of the molecule is Cc1c(C(=O)Nc2ccc(N=Nc3ccccc3)cc2)oc2c1/C(=N/NC(=O)c1ccc3ccccc3n1)CCC2. The van der Waals surface area contributed by atoms with Crippen molar-refractivity contribution < 1.29 is 14.0 Å². The van der Waals surface area contributed by atoms with E-state index >= 15 is 0 Å². The van der Waals surface area contributed by atoms with Gasteiger partial charge in [-0.2, -0.15) is 15.3 Å². The molecule has 2 amide bonds. The van der Waals surface area contributed by atoms with Gasteiger partial charge in [0.1, 0.15) is 11.5 Å². The maximum atomic E-state index is 13.1. The van der Waals surface area contributed by atoms with Crippen molar-refractivity contribution in [3.05, 3.63) is 119 Å². The normalized spacial score (nSPS) is 13.8. The number of rotatable bonds is 6. The first-order chi connectivity index (χ1) is 20.0. The van der Waals surface area contributed by atoms with E-state index in [1.165, 1.54) is 0 Å². The summed E-state index contributed by atoms with van der Waals surface area (Å²) in [5.41, 5.74) is 7.80. The highest BCUT2D eigenvalue weighted by Crippen LogP contribution is 2.30. The lowest BCUT2D eigenvalue weighted by Gasteiger charge is -2.13. The van der Waals surface area contributed by atoms with Crippen molar-refractivity contribution in [1.29, 1.82) is 0 Å². The van der Waals surface area contributed by atoms with Gasteiger partial charge in [0.05, 0.1) is 22.6 Å². The molecule has 1 aliphatic carbocycles. The van der Waals surface area contributed by atoms with Gasteiger partial charge < -0.3 is 9.73 Å². The van der Waals surface area contributed by atoms with Gasteiger partial charge in [0.15, 0.2) is 5.76 Å². The summed E-state index contributed by atoms with van der Waals surface area (Å²) < 4.78 is 6.00. The van der Waals surface area contributed by atoms with Crippen LogP contribution in [0.4, 0.5) is 17.1 Å². The molecule has 0 saturated heterocycles. The van der Waals surface area contributed by atoms with Crippen LogP contribution < -0.4 is 10.7 Å². The molecule has 0 fully saturated rings. The van der Waals surface area contributed by atoms with Gasteiger partial charge in [-0.05, 0) is 68.3 Å². The van der Waals surface area contributed by atoms with E-state index in [-0.39, 0.29) is 17.4 Å². The second-order valence-electron chi connectivity index (χ2n) is 9.63. The predicted octanol–water partition coefficient (Wildman–Crippen LogP) is 7.27. The Bertz CT molecular complexity index is 1810. The van der Waals surface area contributed by atoms with Crippen LogP contribution in [0.1, 0.15) is 50.8 Å². The largest absolute Gasteiger partial charge is 0.455 e. The summed E-state index contributed by atoms with van der Waals surface area (Å²) in [5.74, 6) is 0.146. The molecule has 2 N–H and O–H groups in total. The number of para-hydroxylation sites is 1. The van der Waals surface area contributed by atoms with Gasteiger partial charge in [-0.15, -0.1) is 0 Å². The van der Waals surface area contributed by atoms with Crippen molar-refractivity contribution in [1.82, 2.24) is 10.4 Å². The standard InChI is InChI=1S/C32H26N6O3/c1-20-29-26(37-38-31(39)27-19-14-21-8-5-6-11-25(21)34-27)12-7-13-28(29)41-30(20)32(40)33-22-15-17-24(18-16-22)36-35-23-9-3-2-4-10-23/h2-6,8-11,14-19H,7,12-13H2,1H3,(H,33,40)(H,38,39)/b36-35?,37-26+. The number of furan rings is 1. The van der Waals surface area contributed by atoms with Crippen LogP contribution in [-0.4, -0.2) is 22.5 Å². The summed E-state index contributed by atoms with van der Waals surface area (Å²) in [4.78, 5) is 30.4. The molecule has 0 radical (unpaired) electrons. The number of nitrogens with zero attached hydrogens (tertiary/aromatic N) is 4. The van der Waals surface area contributed by atoms with E-state index in [4.69, 9.17) is 4.42 Å². The van der Waals surface area contributed by atoms with Crippen LogP contribution >= 0.6 is 0 Å². The number of hydrogen-bond donors (Lipinski definition) is 2. The number of aromatic nitrogens is 1. The molecule has 3 aromatic carbocycles. The van der Waals surface area contributed by atoms with Crippen molar-refractivity contribution in [3.8, 4) is 0 Å². The Morgan fingerprint density at radius 1 is 0.805 bits per heavy atom. The van der Waals surface area contributed by atoms with E-state index in [2.05, 4.69) is 31.1 Å². The lowest BCUT2D eigenvalue weighted by atomic mass is 9.93. The van der Waals surface area contributed by atoms with Gasteiger partial charge in [0.25, 0.3) is 11.8 Å². The van der Waals surface area contributed by atoms with Crippen molar-refractivity contribution in [2.45, 2.75) is 26.2 Å². The summed E-state index contributed by atoms with van der Waals surface area (Å²) in [6.45, 7) is 1.83. The highest BCUT2D eigenvalue weighted by molar-refractivity contribution is 6.09. The number of carbonyl (C=O) groups is 2. The van der Waals surface area contributed by atoms with Crippen LogP contribution in [-0.2, 0) is 6.42 Å². The summed E-state index contributed by atoms with van der Waals surface area (Å²) >= 11 is 0. The number of benzene rings is 3. The number of fused-ring (bicyclic) bond motifs is 2. The van der Waals surface area contributed by atoms with Crippen LogP contribution in [0.25, 0.3) is 10.9 Å². The minimum atomic E-state index is -0.402. The Morgan fingerprint density at radius 3 is 2.34 bits per heavy atom. The first kappa shape index (κ1) is 25.8. The molecule has 2 heterocycles. The second-order valence-corrected chi connectivity index (χ2v) is 9.63. The van der Waals surface area contributed by atoms with E-state index in [1.807, 2.05) is 67.6 Å². The number of azo groups is 1. The summed E-state index contributed by atoms with van der Waals surface area (Å²) in [6.07, 6.45) is 2.13. The number of pyridine rings is 1. The van der Waals surface area contributed by atoms with E-state index < -0.39 is 5.91 Å². The summed E-state index contributed by atoms with van der Waals surface area (Å²) in [5, 5.41) is 16.7. The number of anilines is 1. The molecular formula is C32H26N6O3. The van der Waals surface area contributed by atoms with E-state index in [9.17, 15) is 9.59 Å². The number of nitrogens with one attached hydrogen (secondary N) is 2.